The predicted octanol–water partition coefficient (Wildman–Crippen LogP) is 2.50. The van der Waals surface area contributed by atoms with E-state index in [4.69, 9.17) is 11.6 Å². The van der Waals surface area contributed by atoms with Crippen molar-refractivity contribution in [3.63, 3.8) is 0 Å². The third kappa shape index (κ3) is 1.26. The van der Waals surface area contributed by atoms with Crippen molar-refractivity contribution in [1.82, 2.24) is 0 Å². The normalized spacial score (nSPS) is 49.4. The Morgan fingerprint density at radius 3 is 2.62 bits per heavy atom. The first kappa shape index (κ1) is 10.8. The Morgan fingerprint density at radius 2 is 2.00 bits per heavy atom. The average molecular weight is 241 g/mol. The molecule has 0 aromatic carbocycles. The summed E-state index contributed by atoms with van der Waals surface area (Å²) >= 11 is 6.16. The average Bonchev–Trinajstić information content (AvgIpc) is 2.79. The fourth-order valence-corrected chi connectivity index (χ4v) is 4.62. The van der Waals surface area contributed by atoms with Gasteiger partial charge in [-0.1, -0.05) is 11.6 Å². The highest BCUT2D eigenvalue weighted by Gasteiger charge is 2.57. The molecule has 5 atom stereocenters. The lowest BCUT2D eigenvalue weighted by molar-refractivity contribution is -0.133. The molecule has 3 saturated carbocycles. The number of aliphatic hydroxyl groups excluding tert-OH is 1. The first-order chi connectivity index (χ1) is 7.61. The topological polar surface area (TPSA) is 37.3 Å². The molecule has 0 aliphatic heterocycles. The Balaban J connectivity index is 2.04. The molecule has 1 N–H and O–H groups in total. The van der Waals surface area contributed by atoms with Crippen LogP contribution in [0.5, 0.6) is 0 Å². The molecule has 3 fully saturated rings. The monoisotopic (exact) mass is 240 g/mol. The Bertz CT molecular complexity index is 370. The summed E-state index contributed by atoms with van der Waals surface area (Å²) < 4.78 is 0. The molecule has 0 saturated heterocycles. The summed E-state index contributed by atoms with van der Waals surface area (Å²) in [5.41, 5.74) is 1.28. The van der Waals surface area contributed by atoms with E-state index >= 15 is 0 Å². The summed E-state index contributed by atoms with van der Waals surface area (Å²) in [4.78, 5) is 12.0. The number of ketones is 1. The van der Waals surface area contributed by atoms with Gasteiger partial charge in [-0.05, 0) is 43.6 Å². The number of Topliss-reactive ketones (excluding diaryl/α,β-unsaturated/α-hetero) is 1. The van der Waals surface area contributed by atoms with Gasteiger partial charge < -0.3 is 5.11 Å². The largest absolute Gasteiger partial charge is 0.393 e. The minimum absolute atomic E-state index is 0.0752. The summed E-state index contributed by atoms with van der Waals surface area (Å²) in [6, 6.07) is 0. The molecule has 2 bridgehead atoms. The minimum Gasteiger partial charge on any atom is -0.393 e. The zero-order chi connectivity index (χ0) is 11.4. The van der Waals surface area contributed by atoms with Gasteiger partial charge in [-0.25, -0.2) is 0 Å². The van der Waals surface area contributed by atoms with E-state index in [0.717, 1.165) is 17.9 Å². The first-order valence-electron chi connectivity index (χ1n) is 6.18. The van der Waals surface area contributed by atoms with Crippen LogP contribution in [0.25, 0.3) is 0 Å². The summed E-state index contributed by atoms with van der Waals surface area (Å²) in [5.74, 6) is 1.33. The quantitative estimate of drug-likeness (QED) is 0.707. The smallest absolute Gasteiger partial charge is 0.137 e. The highest BCUT2D eigenvalue weighted by molar-refractivity contribution is 6.29. The SMILES string of the molecule is C/C(Cl)=C1/[C@H]2CC[C@@H]1[C@H]1C(=O)CC[C@@H](O)[C@H]12. The standard InChI is InChI=1S/C13H17ClO2/c1-6(14)11-7-2-3-8(11)13-10(16)5-4-9(15)12(7)13/h7-9,12-13,15H,2-5H2,1H3/b11-6+/t7-,8+,9-,12-,13+/m1/s1. The van der Waals surface area contributed by atoms with Crippen LogP contribution >= 0.6 is 11.6 Å². The Hall–Kier alpha value is -0.340. The van der Waals surface area contributed by atoms with Gasteiger partial charge in [0.2, 0.25) is 0 Å². The molecule has 0 heterocycles. The van der Waals surface area contributed by atoms with Crippen molar-refractivity contribution in [3.8, 4) is 0 Å². The number of allylic oxidation sites excluding steroid dienone is 2. The van der Waals surface area contributed by atoms with E-state index in [9.17, 15) is 9.90 Å². The summed E-state index contributed by atoms with van der Waals surface area (Å²) in [6.07, 6.45) is 3.11. The lowest BCUT2D eigenvalue weighted by Crippen LogP contribution is -2.41. The van der Waals surface area contributed by atoms with Gasteiger partial charge in [0.05, 0.1) is 6.10 Å². The molecule has 0 unspecified atom stereocenters. The molecule has 0 radical (unpaired) electrons. The van der Waals surface area contributed by atoms with E-state index in [0.29, 0.717) is 30.5 Å². The number of hydrogen-bond donors (Lipinski definition) is 1. The van der Waals surface area contributed by atoms with Gasteiger partial charge >= 0.3 is 0 Å². The van der Waals surface area contributed by atoms with E-state index < -0.39 is 0 Å². The molecule has 0 aromatic rings. The van der Waals surface area contributed by atoms with E-state index in [-0.39, 0.29) is 17.9 Å². The molecule has 0 spiro atoms. The number of halogens is 1. The van der Waals surface area contributed by atoms with Crippen molar-refractivity contribution < 1.29 is 9.90 Å². The number of carbonyl (C=O) groups is 1. The lowest BCUT2D eigenvalue weighted by Gasteiger charge is -2.36. The van der Waals surface area contributed by atoms with Gasteiger partial charge in [-0.2, -0.15) is 0 Å². The lowest BCUT2D eigenvalue weighted by atomic mass is 9.69. The van der Waals surface area contributed by atoms with Crippen LogP contribution < -0.4 is 0 Å². The second kappa shape index (κ2) is 3.58. The van der Waals surface area contributed by atoms with Crippen molar-refractivity contribution >= 4 is 17.4 Å². The second-order valence-electron chi connectivity index (χ2n) is 5.45. The van der Waals surface area contributed by atoms with Crippen molar-refractivity contribution in [2.45, 2.75) is 38.7 Å². The third-order valence-corrected chi connectivity index (χ3v) is 5.02. The van der Waals surface area contributed by atoms with E-state index in [1.54, 1.807) is 0 Å². The van der Waals surface area contributed by atoms with Crippen molar-refractivity contribution in [3.05, 3.63) is 10.6 Å². The maximum absolute atomic E-state index is 12.0. The Labute approximate surface area is 101 Å². The van der Waals surface area contributed by atoms with Gasteiger partial charge in [0.15, 0.2) is 0 Å². The number of rotatable bonds is 0. The van der Waals surface area contributed by atoms with E-state index in [1.807, 2.05) is 6.92 Å². The molecular formula is C13H17ClO2. The van der Waals surface area contributed by atoms with Crippen LogP contribution in [0.3, 0.4) is 0 Å². The Morgan fingerprint density at radius 1 is 1.31 bits per heavy atom. The summed E-state index contributed by atoms with van der Waals surface area (Å²) in [7, 11) is 0. The fourth-order valence-electron chi connectivity index (χ4n) is 4.34. The highest BCUT2D eigenvalue weighted by Crippen LogP contribution is 2.60. The van der Waals surface area contributed by atoms with Gasteiger partial charge in [0.1, 0.15) is 5.78 Å². The maximum Gasteiger partial charge on any atom is 0.137 e. The Kier molecular flexibility index (Phi) is 2.41. The molecule has 2 nitrogen and oxygen atoms in total. The van der Waals surface area contributed by atoms with Crippen molar-refractivity contribution in [1.29, 1.82) is 0 Å². The van der Waals surface area contributed by atoms with Crippen LogP contribution in [-0.2, 0) is 4.79 Å². The van der Waals surface area contributed by atoms with Crippen LogP contribution in [0, 0.1) is 23.7 Å². The van der Waals surface area contributed by atoms with Gasteiger partial charge in [0, 0.05) is 23.3 Å². The zero-order valence-electron chi connectivity index (χ0n) is 9.45. The summed E-state index contributed by atoms with van der Waals surface area (Å²) in [5, 5.41) is 11.0. The van der Waals surface area contributed by atoms with E-state index in [2.05, 4.69) is 0 Å². The van der Waals surface area contributed by atoms with Crippen LogP contribution in [0.15, 0.2) is 10.6 Å². The first-order valence-corrected chi connectivity index (χ1v) is 6.56. The van der Waals surface area contributed by atoms with Gasteiger partial charge in [-0.3, -0.25) is 4.79 Å². The minimum atomic E-state index is -0.288. The maximum atomic E-state index is 12.0. The molecular weight excluding hydrogens is 224 g/mol. The number of fused-ring (bicyclic) bond motifs is 5. The highest BCUT2D eigenvalue weighted by atomic mass is 35.5. The van der Waals surface area contributed by atoms with Crippen LogP contribution in [0.1, 0.15) is 32.6 Å². The second-order valence-corrected chi connectivity index (χ2v) is 6.02. The third-order valence-electron chi connectivity index (χ3n) is 4.80. The molecule has 16 heavy (non-hydrogen) atoms. The van der Waals surface area contributed by atoms with Crippen LogP contribution in [0.2, 0.25) is 0 Å². The number of aliphatic hydroxyl groups is 1. The molecule has 88 valence electrons. The van der Waals surface area contributed by atoms with Crippen LogP contribution in [-0.4, -0.2) is 17.0 Å². The zero-order valence-corrected chi connectivity index (χ0v) is 10.2. The van der Waals surface area contributed by atoms with Gasteiger partial charge in [0.25, 0.3) is 0 Å². The van der Waals surface area contributed by atoms with Crippen molar-refractivity contribution in [2.24, 2.45) is 23.7 Å². The molecule has 3 heteroatoms. The van der Waals surface area contributed by atoms with Crippen molar-refractivity contribution in [2.75, 3.05) is 0 Å². The van der Waals surface area contributed by atoms with E-state index in [1.165, 1.54) is 5.57 Å². The number of hydrogen-bond acceptors (Lipinski definition) is 2. The predicted molar refractivity (Wildman–Crippen MR) is 62.0 cm³/mol. The van der Waals surface area contributed by atoms with Crippen LogP contribution in [0.4, 0.5) is 0 Å². The fraction of sp³-hybridized carbons (Fsp3) is 0.769. The molecule has 0 aromatic heterocycles. The summed E-state index contributed by atoms with van der Waals surface area (Å²) in [6.45, 7) is 1.93. The molecule has 3 aliphatic carbocycles. The number of carbonyl (C=O) groups excluding carboxylic acids is 1. The van der Waals surface area contributed by atoms with Gasteiger partial charge in [-0.15, -0.1) is 0 Å². The molecule has 3 aliphatic rings. The molecule has 3 rings (SSSR count). The molecule has 0 amide bonds.